The van der Waals surface area contributed by atoms with E-state index in [1.807, 2.05) is 12.1 Å². The molecule has 0 atom stereocenters. The molecule has 0 spiro atoms. The van der Waals surface area contributed by atoms with Gasteiger partial charge >= 0.3 is 0 Å². The smallest absolute Gasteiger partial charge is 0.292 e. The first-order chi connectivity index (χ1) is 13.1. The van der Waals surface area contributed by atoms with E-state index in [1.165, 1.54) is 18.2 Å². The predicted molar refractivity (Wildman–Crippen MR) is 103 cm³/mol. The van der Waals surface area contributed by atoms with Crippen molar-refractivity contribution >= 4 is 34.7 Å². The number of nitrogens with zero attached hydrogens (tertiary/aromatic N) is 4. The molecule has 2 heterocycles. The van der Waals surface area contributed by atoms with Crippen LogP contribution < -0.4 is 10.6 Å². The van der Waals surface area contributed by atoms with E-state index in [2.05, 4.69) is 25.6 Å². The lowest BCUT2D eigenvalue weighted by Gasteiger charge is -2.11. The zero-order valence-electron chi connectivity index (χ0n) is 14.1. The Balaban J connectivity index is 1.73. The van der Waals surface area contributed by atoms with Crippen LogP contribution in [0.5, 0.6) is 0 Å². The molecule has 1 aliphatic carbocycles. The lowest BCUT2D eigenvalue weighted by molar-refractivity contribution is -0.383. The molecule has 4 rings (SSSR count). The maximum absolute atomic E-state index is 11.3. The number of aromatic nitrogens is 3. The summed E-state index contributed by atoms with van der Waals surface area (Å²) in [7, 11) is 0. The molecule has 136 valence electrons. The average Bonchev–Trinajstić information content (AvgIpc) is 3.46. The summed E-state index contributed by atoms with van der Waals surface area (Å²) in [5, 5.41) is 18.0. The fourth-order valence-corrected chi connectivity index (χ4v) is 2.73. The number of benzene rings is 1. The normalized spacial score (nSPS) is 13.2. The van der Waals surface area contributed by atoms with E-state index in [4.69, 9.17) is 11.6 Å². The second-order valence-corrected chi connectivity index (χ2v) is 6.60. The van der Waals surface area contributed by atoms with Crippen LogP contribution in [0, 0.1) is 10.1 Å². The number of rotatable bonds is 6. The third-order valence-corrected chi connectivity index (χ3v) is 4.25. The molecule has 2 N–H and O–H groups in total. The third-order valence-electron chi connectivity index (χ3n) is 4.01. The van der Waals surface area contributed by atoms with Crippen molar-refractivity contribution in [3.63, 3.8) is 0 Å². The lowest BCUT2D eigenvalue weighted by atomic mass is 10.2. The topological polar surface area (TPSA) is 106 Å². The minimum Gasteiger partial charge on any atom is -0.351 e. The zero-order chi connectivity index (χ0) is 18.8. The molecule has 1 aliphatic rings. The molecule has 0 unspecified atom stereocenters. The van der Waals surface area contributed by atoms with Crippen molar-refractivity contribution in [3.8, 4) is 11.3 Å². The summed E-state index contributed by atoms with van der Waals surface area (Å²) in [6, 6.07) is 10.1. The average molecular weight is 383 g/mol. The van der Waals surface area contributed by atoms with Gasteiger partial charge in [0.05, 0.1) is 10.6 Å². The maximum atomic E-state index is 11.3. The number of pyridine rings is 1. The van der Waals surface area contributed by atoms with Gasteiger partial charge in [-0.2, -0.15) is 4.98 Å². The Labute approximate surface area is 159 Å². The van der Waals surface area contributed by atoms with Gasteiger partial charge < -0.3 is 10.6 Å². The molecule has 9 heteroatoms. The second kappa shape index (κ2) is 7.16. The van der Waals surface area contributed by atoms with Crippen molar-refractivity contribution in [2.45, 2.75) is 18.9 Å². The van der Waals surface area contributed by atoms with Crippen molar-refractivity contribution in [1.82, 2.24) is 15.0 Å². The summed E-state index contributed by atoms with van der Waals surface area (Å²) in [6.07, 6.45) is 5.53. The minimum atomic E-state index is -0.467. The minimum absolute atomic E-state index is 0.0855. The lowest BCUT2D eigenvalue weighted by Crippen LogP contribution is -2.08. The highest BCUT2D eigenvalue weighted by molar-refractivity contribution is 6.31. The fraction of sp³-hybridized carbons (Fsp3) is 0.167. The Hall–Kier alpha value is -3.26. The van der Waals surface area contributed by atoms with Gasteiger partial charge in [-0.3, -0.25) is 15.1 Å². The van der Waals surface area contributed by atoms with E-state index in [1.54, 1.807) is 18.5 Å². The van der Waals surface area contributed by atoms with Crippen LogP contribution >= 0.6 is 11.6 Å². The molecule has 1 fully saturated rings. The molecule has 1 aromatic carbocycles. The van der Waals surface area contributed by atoms with Gasteiger partial charge in [0.25, 0.3) is 5.69 Å². The molecule has 0 aliphatic heterocycles. The Bertz CT molecular complexity index is 994. The molecule has 0 bridgehead atoms. The molecule has 0 radical (unpaired) electrons. The number of nitro groups is 1. The molecule has 1 saturated carbocycles. The van der Waals surface area contributed by atoms with Crippen LogP contribution in [0.2, 0.25) is 5.02 Å². The van der Waals surface area contributed by atoms with Crippen molar-refractivity contribution in [1.29, 1.82) is 0 Å². The van der Waals surface area contributed by atoms with E-state index in [0.717, 1.165) is 18.4 Å². The van der Waals surface area contributed by atoms with Crippen LogP contribution in [0.25, 0.3) is 11.3 Å². The summed E-state index contributed by atoms with van der Waals surface area (Å²) in [4.78, 5) is 23.9. The quantitative estimate of drug-likeness (QED) is 0.480. The summed E-state index contributed by atoms with van der Waals surface area (Å²) in [5.74, 6) is 0.892. The standard InChI is InChI=1S/C18H15ClN6O2/c19-12-3-6-16(25(26)27)15(8-12)22-17-9-14(11-2-1-7-20-10-11)23-18(24-17)21-13-4-5-13/h1-3,6-10,13H,4-5H2,(H2,21,22,23,24). The molecule has 27 heavy (non-hydrogen) atoms. The number of anilines is 3. The maximum Gasteiger partial charge on any atom is 0.292 e. The summed E-state index contributed by atoms with van der Waals surface area (Å²) < 4.78 is 0. The van der Waals surface area contributed by atoms with E-state index >= 15 is 0 Å². The Morgan fingerprint density at radius 2 is 2.04 bits per heavy atom. The van der Waals surface area contributed by atoms with Gasteiger partial charge in [0, 0.05) is 41.2 Å². The van der Waals surface area contributed by atoms with Crippen LogP contribution in [0.1, 0.15) is 12.8 Å². The number of hydrogen-bond donors (Lipinski definition) is 2. The first-order valence-corrected chi connectivity index (χ1v) is 8.73. The van der Waals surface area contributed by atoms with Crippen molar-refractivity contribution in [2.75, 3.05) is 10.6 Å². The molecular weight excluding hydrogens is 368 g/mol. The van der Waals surface area contributed by atoms with Crippen LogP contribution in [-0.2, 0) is 0 Å². The van der Waals surface area contributed by atoms with Crippen LogP contribution in [-0.4, -0.2) is 25.9 Å². The van der Waals surface area contributed by atoms with Gasteiger partial charge in [0.1, 0.15) is 11.5 Å². The van der Waals surface area contributed by atoms with Gasteiger partial charge in [-0.15, -0.1) is 0 Å². The van der Waals surface area contributed by atoms with Gasteiger partial charge in [-0.1, -0.05) is 11.6 Å². The van der Waals surface area contributed by atoms with E-state index in [9.17, 15) is 10.1 Å². The molecule has 8 nitrogen and oxygen atoms in total. The Morgan fingerprint density at radius 3 is 2.74 bits per heavy atom. The van der Waals surface area contributed by atoms with Crippen molar-refractivity contribution in [2.24, 2.45) is 0 Å². The summed E-state index contributed by atoms with van der Waals surface area (Å²) >= 11 is 6.01. The highest BCUT2D eigenvalue weighted by Gasteiger charge is 2.23. The fourth-order valence-electron chi connectivity index (χ4n) is 2.55. The number of halogens is 1. The first-order valence-electron chi connectivity index (χ1n) is 8.35. The van der Waals surface area contributed by atoms with Crippen LogP contribution in [0.3, 0.4) is 0 Å². The first kappa shape index (κ1) is 17.2. The molecule has 0 amide bonds. The molecule has 2 aromatic heterocycles. The number of nitrogens with one attached hydrogen (secondary N) is 2. The highest BCUT2D eigenvalue weighted by atomic mass is 35.5. The van der Waals surface area contributed by atoms with Crippen molar-refractivity contribution < 1.29 is 4.92 Å². The molecule has 3 aromatic rings. The highest BCUT2D eigenvalue weighted by Crippen LogP contribution is 2.32. The SMILES string of the molecule is O=[N+]([O-])c1ccc(Cl)cc1Nc1cc(-c2cccnc2)nc(NC2CC2)n1. The Kier molecular flexibility index (Phi) is 4.55. The third kappa shape index (κ3) is 4.12. The van der Waals surface area contributed by atoms with Crippen LogP contribution in [0.15, 0.2) is 48.8 Å². The number of hydrogen-bond acceptors (Lipinski definition) is 7. The van der Waals surface area contributed by atoms with Gasteiger partial charge in [-0.05, 0) is 37.1 Å². The van der Waals surface area contributed by atoms with Crippen molar-refractivity contribution in [3.05, 3.63) is 63.9 Å². The Morgan fingerprint density at radius 1 is 1.19 bits per heavy atom. The molecule has 0 saturated heterocycles. The summed E-state index contributed by atoms with van der Waals surface area (Å²) in [6.45, 7) is 0. The van der Waals surface area contributed by atoms with Gasteiger partial charge in [-0.25, -0.2) is 4.98 Å². The molecular formula is C18H15ClN6O2. The zero-order valence-corrected chi connectivity index (χ0v) is 14.8. The summed E-state index contributed by atoms with van der Waals surface area (Å²) in [5.41, 5.74) is 1.66. The van der Waals surface area contributed by atoms with Gasteiger partial charge in [0.2, 0.25) is 5.95 Å². The van der Waals surface area contributed by atoms with Gasteiger partial charge in [0.15, 0.2) is 0 Å². The number of nitro benzene ring substituents is 1. The predicted octanol–water partition coefficient (Wildman–Crippen LogP) is 4.42. The van der Waals surface area contributed by atoms with Crippen LogP contribution in [0.4, 0.5) is 23.1 Å². The van der Waals surface area contributed by atoms with E-state index in [-0.39, 0.29) is 11.4 Å². The second-order valence-electron chi connectivity index (χ2n) is 6.17. The van der Waals surface area contributed by atoms with E-state index < -0.39 is 4.92 Å². The monoisotopic (exact) mass is 382 g/mol. The van der Waals surface area contributed by atoms with E-state index in [0.29, 0.717) is 28.5 Å². The largest absolute Gasteiger partial charge is 0.351 e.